The van der Waals surface area contributed by atoms with Crippen LogP contribution in [0, 0.1) is 0 Å². The smallest absolute Gasteiger partial charge is 0.512 e. The maximum atomic E-state index is 5.67. The van der Waals surface area contributed by atoms with Crippen LogP contribution in [0.2, 0.25) is 0 Å². The minimum atomic E-state index is -0.679. The van der Waals surface area contributed by atoms with E-state index in [1.54, 1.807) is 6.07 Å². The van der Waals surface area contributed by atoms with Gasteiger partial charge in [-0.15, -0.1) is 0 Å². The van der Waals surface area contributed by atoms with Gasteiger partial charge in [0, 0.05) is 31.5 Å². The van der Waals surface area contributed by atoms with Gasteiger partial charge < -0.3 is 27.9 Å². The largest absolute Gasteiger partial charge is 0.713 e. The van der Waals surface area contributed by atoms with Crippen LogP contribution in [0.25, 0.3) is 0 Å². The molecule has 0 spiro atoms. The van der Waals surface area contributed by atoms with Crippen molar-refractivity contribution >= 4 is 14.6 Å². The van der Waals surface area contributed by atoms with E-state index in [2.05, 4.69) is 0 Å². The van der Waals surface area contributed by atoms with Crippen molar-refractivity contribution < 1.29 is 27.9 Å². The van der Waals surface area contributed by atoms with Crippen LogP contribution in [0.3, 0.4) is 0 Å². The zero-order valence-electron chi connectivity index (χ0n) is 12.9. The third-order valence-electron chi connectivity index (χ3n) is 3.51. The van der Waals surface area contributed by atoms with Gasteiger partial charge in [-0.25, -0.2) is 0 Å². The van der Waals surface area contributed by atoms with Gasteiger partial charge in [-0.05, 0) is 38.8 Å². The van der Waals surface area contributed by atoms with Crippen LogP contribution >= 0.6 is 0 Å². The molecule has 2 unspecified atom stereocenters. The normalized spacial score (nSPS) is 25.9. The van der Waals surface area contributed by atoms with E-state index >= 15 is 0 Å². The van der Waals surface area contributed by atoms with Gasteiger partial charge in [0.2, 0.25) is 0 Å². The molecule has 2 fully saturated rings. The summed E-state index contributed by atoms with van der Waals surface area (Å²) in [5, 5.41) is 0. The van der Waals surface area contributed by atoms with Crippen molar-refractivity contribution in [2.75, 3.05) is 13.2 Å². The van der Waals surface area contributed by atoms with Gasteiger partial charge in [0.1, 0.15) is 11.5 Å². The zero-order chi connectivity index (χ0) is 15.4. The van der Waals surface area contributed by atoms with E-state index in [9.17, 15) is 0 Å². The molecule has 0 aliphatic carbocycles. The SMILES string of the molecule is CC1CCOB(Oc2cccc(OB3OCCC(C)O3)c2)O1. The van der Waals surface area contributed by atoms with Gasteiger partial charge in [0.25, 0.3) is 0 Å². The minimum absolute atomic E-state index is 0.128. The van der Waals surface area contributed by atoms with Gasteiger partial charge >= 0.3 is 14.6 Å². The average Bonchev–Trinajstić information content (AvgIpc) is 2.47. The number of hydrogen-bond acceptors (Lipinski definition) is 6. The summed E-state index contributed by atoms with van der Waals surface area (Å²) in [5.74, 6) is 1.22. The molecule has 0 bridgehead atoms. The molecule has 2 aliphatic rings. The highest BCUT2D eigenvalue weighted by Crippen LogP contribution is 2.23. The molecule has 0 N–H and O–H groups in total. The molecule has 8 heteroatoms. The summed E-state index contributed by atoms with van der Waals surface area (Å²) in [6.07, 6.45) is 2.00. The van der Waals surface area contributed by atoms with Crippen LogP contribution in [-0.4, -0.2) is 40.1 Å². The fraction of sp³-hybridized carbons (Fsp3) is 0.571. The lowest BCUT2D eigenvalue weighted by Crippen LogP contribution is -2.40. The molecule has 0 amide bonds. The first-order valence-electron chi connectivity index (χ1n) is 7.66. The zero-order valence-corrected chi connectivity index (χ0v) is 12.9. The molecule has 0 radical (unpaired) electrons. The molecular weight excluding hydrogens is 286 g/mol. The van der Waals surface area contributed by atoms with Gasteiger partial charge in [-0.1, -0.05) is 6.07 Å². The second kappa shape index (κ2) is 7.37. The molecule has 2 aliphatic heterocycles. The Labute approximate surface area is 131 Å². The van der Waals surface area contributed by atoms with Crippen LogP contribution in [-0.2, 0) is 18.6 Å². The van der Waals surface area contributed by atoms with E-state index in [1.807, 2.05) is 32.0 Å². The Bertz CT molecular complexity index is 449. The molecule has 2 heterocycles. The Balaban J connectivity index is 1.57. The van der Waals surface area contributed by atoms with Crippen LogP contribution in [0.4, 0.5) is 0 Å². The van der Waals surface area contributed by atoms with Crippen LogP contribution in [0.1, 0.15) is 26.7 Å². The standard InChI is InChI=1S/C14H20B2O6/c1-11-6-8-17-15(19-11)21-13-4-3-5-14(10-13)22-16-18-9-7-12(2)20-16/h3-5,10-12H,6-9H2,1-2H3. The van der Waals surface area contributed by atoms with Crippen LogP contribution in [0.15, 0.2) is 24.3 Å². The summed E-state index contributed by atoms with van der Waals surface area (Å²) < 4.78 is 33.3. The van der Waals surface area contributed by atoms with Gasteiger partial charge in [0.05, 0.1) is 0 Å². The van der Waals surface area contributed by atoms with Gasteiger partial charge in [-0.3, -0.25) is 0 Å². The fourth-order valence-corrected chi connectivity index (χ4v) is 2.22. The topological polar surface area (TPSA) is 55.4 Å². The van der Waals surface area contributed by atoms with Crippen LogP contribution in [0.5, 0.6) is 11.5 Å². The summed E-state index contributed by atoms with van der Waals surface area (Å²) in [4.78, 5) is 0. The Kier molecular flexibility index (Phi) is 5.25. The molecule has 2 atom stereocenters. The lowest BCUT2D eigenvalue weighted by atomic mass is 10.1. The second-order valence-electron chi connectivity index (χ2n) is 5.50. The van der Waals surface area contributed by atoms with E-state index < -0.39 is 14.6 Å². The Morgan fingerprint density at radius 3 is 1.86 bits per heavy atom. The number of benzene rings is 1. The molecule has 0 aromatic heterocycles. The van der Waals surface area contributed by atoms with Crippen molar-refractivity contribution in [1.29, 1.82) is 0 Å². The highest BCUT2D eigenvalue weighted by Gasteiger charge is 2.32. The minimum Gasteiger partial charge on any atom is -0.512 e. The van der Waals surface area contributed by atoms with E-state index in [-0.39, 0.29) is 12.2 Å². The molecule has 3 rings (SSSR count). The monoisotopic (exact) mass is 306 g/mol. The number of hydrogen-bond donors (Lipinski definition) is 0. The molecular formula is C14H20B2O6. The van der Waals surface area contributed by atoms with Gasteiger partial charge in [-0.2, -0.15) is 0 Å². The predicted molar refractivity (Wildman–Crippen MR) is 81.4 cm³/mol. The third-order valence-corrected chi connectivity index (χ3v) is 3.51. The summed E-state index contributed by atoms with van der Waals surface area (Å²) in [6.45, 7) is 5.25. The summed E-state index contributed by atoms with van der Waals surface area (Å²) in [6, 6.07) is 7.25. The molecule has 1 aromatic rings. The van der Waals surface area contributed by atoms with Crippen molar-refractivity contribution in [2.45, 2.75) is 38.9 Å². The molecule has 2 saturated heterocycles. The maximum absolute atomic E-state index is 5.67. The summed E-state index contributed by atoms with van der Waals surface area (Å²) in [7, 11) is -1.36. The lowest BCUT2D eigenvalue weighted by Gasteiger charge is -2.25. The highest BCUT2D eigenvalue weighted by atomic mass is 16.8. The Hall–Kier alpha value is -1.21. The first-order valence-corrected chi connectivity index (χ1v) is 7.66. The van der Waals surface area contributed by atoms with Crippen molar-refractivity contribution in [3.05, 3.63) is 24.3 Å². The number of rotatable bonds is 4. The Morgan fingerprint density at radius 1 is 0.909 bits per heavy atom. The first kappa shape index (κ1) is 15.7. The lowest BCUT2D eigenvalue weighted by molar-refractivity contribution is 0.0409. The quantitative estimate of drug-likeness (QED) is 0.794. The second-order valence-corrected chi connectivity index (χ2v) is 5.50. The van der Waals surface area contributed by atoms with Crippen molar-refractivity contribution in [2.24, 2.45) is 0 Å². The van der Waals surface area contributed by atoms with Crippen molar-refractivity contribution in [3.63, 3.8) is 0 Å². The van der Waals surface area contributed by atoms with E-state index in [4.69, 9.17) is 27.9 Å². The van der Waals surface area contributed by atoms with Gasteiger partial charge in [0.15, 0.2) is 0 Å². The van der Waals surface area contributed by atoms with E-state index in [0.29, 0.717) is 24.7 Å². The average molecular weight is 306 g/mol. The highest BCUT2D eigenvalue weighted by molar-refractivity contribution is 6.38. The molecule has 22 heavy (non-hydrogen) atoms. The summed E-state index contributed by atoms with van der Waals surface area (Å²) in [5.41, 5.74) is 0. The molecule has 6 nitrogen and oxygen atoms in total. The maximum Gasteiger partial charge on any atom is 0.713 e. The van der Waals surface area contributed by atoms with Crippen molar-refractivity contribution in [1.82, 2.24) is 0 Å². The first-order chi connectivity index (χ1) is 10.7. The fourth-order valence-electron chi connectivity index (χ4n) is 2.22. The Morgan fingerprint density at radius 2 is 1.41 bits per heavy atom. The summed E-state index contributed by atoms with van der Waals surface area (Å²) >= 11 is 0. The van der Waals surface area contributed by atoms with Crippen LogP contribution < -0.4 is 9.31 Å². The molecule has 0 saturated carbocycles. The molecule has 118 valence electrons. The third kappa shape index (κ3) is 4.39. The van der Waals surface area contributed by atoms with E-state index in [1.165, 1.54) is 0 Å². The molecule has 1 aromatic carbocycles. The predicted octanol–water partition coefficient (Wildman–Crippen LogP) is 2.06. The van der Waals surface area contributed by atoms with Crippen molar-refractivity contribution in [3.8, 4) is 11.5 Å². The van der Waals surface area contributed by atoms with E-state index in [0.717, 1.165) is 12.8 Å².